The van der Waals surface area contributed by atoms with Gasteiger partial charge in [-0.2, -0.15) is 0 Å². The van der Waals surface area contributed by atoms with Crippen molar-refractivity contribution in [3.05, 3.63) is 29.8 Å². The minimum Gasteiger partial charge on any atom is -1.00 e. The van der Waals surface area contributed by atoms with Crippen LogP contribution in [0.1, 0.15) is 31.6 Å². The van der Waals surface area contributed by atoms with E-state index in [0.717, 1.165) is 12.8 Å². The van der Waals surface area contributed by atoms with Gasteiger partial charge in [-0.05, 0) is 30.7 Å². The topological polar surface area (TPSA) is 46.5 Å². The van der Waals surface area contributed by atoms with Crippen LogP contribution in [-0.2, 0) is 4.74 Å². The molecule has 0 aliphatic carbocycles. The summed E-state index contributed by atoms with van der Waals surface area (Å²) in [5, 5.41) is 9.00. The van der Waals surface area contributed by atoms with Crippen LogP contribution in [0.5, 0.6) is 5.75 Å². The Morgan fingerprint density at radius 3 is 2.53 bits per heavy atom. The number of phenols is 1. The second-order valence-electron chi connectivity index (χ2n) is 3.04. The fourth-order valence-corrected chi connectivity index (χ4v) is 0.990. The van der Waals surface area contributed by atoms with E-state index in [0.29, 0.717) is 12.2 Å². The van der Waals surface area contributed by atoms with E-state index in [2.05, 4.69) is 0 Å². The van der Waals surface area contributed by atoms with Gasteiger partial charge in [0.2, 0.25) is 0 Å². The number of hydrogen-bond acceptors (Lipinski definition) is 3. The molecule has 1 aromatic carbocycles. The number of aromatic hydroxyl groups is 1. The Balaban J connectivity index is 0. The van der Waals surface area contributed by atoms with Crippen LogP contribution >= 0.6 is 0 Å². The summed E-state index contributed by atoms with van der Waals surface area (Å²) in [7, 11) is 0. The van der Waals surface area contributed by atoms with Crippen molar-refractivity contribution in [3.63, 3.8) is 0 Å². The van der Waals surface area contributed by atoms with E-state index in [1.807, 2.05) is 6.92 Å². The van der Waals surface area contributed by atoms with E-state index in [1.54, 1.807) is 12.1 Å². The van der Waals surface area contributed by atoms with Gasteiger partial charge in [-0.25, -0.2) is 4.79 Å². The summed E-state index contributed by atoms with van der Waals surface area (Å²) in [5.74, 6) is -0.187. The number of benzene rings is 1. The van der Waals surface area contributed by atoms with Crippen molar-refractivity contribution in [2.24, 2.45) is 0 Å². The SMILES string of the molecule is CCCCOC(=O)c1ccc(O)cc1.[H-].[Na+]. The monoisotopic (exact) mass is 218 g/mol. The predicted octanol–water partition coefficient (Wildman–Crippen LogP) is -0.534. The van der Waals surface area contributed by atoms with Gasteiger partial charge in [0.25, 0.3) is 0 Å². The summed E-state index contributed by atoms with van der Waals surface area (Å²) < 4.78 is 4.99. The Labute approximate surface area is 113 Å². The minimum absolute atomic E-state index is 0. The Morgan fingerprint density at radius 2 is 2.00 bits per heavy atom. The Morgan fingerprint density at radius 1 is 1.40 bits per heavy atom. The zero-order valence-electron chi connectivity index (χ0n) is 10.2. The van der Waals surface area contributed by atoms with Gasteiger partial charge in [0.15, 0.2) is 0 Å². The maximum Gasteiger partial charge on any atom is 1.00 e. The third kappa shape index (κ3) is 5.21. The Hall–Kier alpha value is -0.510. The Bertz CT molecular complexity index is 301. The van der Waals surface area contributed by atoms with E-state index in [-0.39, 0.29) is 42.7 Å². The van der Waals surface area contributed by atoms with Crippen molar-refractivity contribution in [3.8, 4) is 5.75 Å². The predicted molar refractivity (Wildman–Crippen MR) is 54.4 cm³/mol. The van der Waals surface area contributed by atoms with Crippen molar-refractivity contribution in [2.45, 2.75) is 19.8 Å². The maximum absolute atomic E-state index is 11.3. The van der Waals surface area contributed by atoms with Crippen LogP contribution in [0.3, 0.4) is 0 Å². The van der Waals surface area contributed by atoms with Crippen LogP contribution in [0.25, 0.3) is 0 Å². The first-order valence-corrected chi connectivity index (χ1v) is 4.70. The molecule has 15 heavy (non-hydrogen) atoms. The third-order valence-corrected chi connectivity index (χ3v) is 1.83. The van der Waals surface area contributed by atoms with Gasteiger partial charge in [0.1, 0.15) is 5.75 Å². The zero-order valence-corrected chi connectivity index (χ0v) is 11.2. The number of unbranched alkanes of at least 4 members (excludes halogenated alkanes) is 1. The van der Waals surface area contributed by atoms with Crippen molar-refractivity contribution < 1.29 is 45.6 Å². The van der Waals surface area contributed by atoms with Crippen LogP contribution in [0.15, 0.2) is 24.3 Å². The second kappa shape index (κ2) is 7.74. The van der Waals surface area contributed by atoms with Gasteiger partial charge in [-0.15, -0.1) is 0 Å². The molecule has 0 spiro atoms. The van der Waals surface area contributed by atoms with Gasteiger partial charge < -0.3 is 11.3 Å². The number of hydrogen-bond donors (Lipinski definition) is 1. The van der Waals surface area contributed by atoms with Crippen molar-refractivity contribution in [1.29, 1.82) is 0 Å². The molecular formula is C11H15NaO3. The van der Waals surface area contributed by atoms with E-state index in [9.17, 15) is 4.79 Å². The van der Waals surface area contributed by atoms with Crippen molar-refractivity contribution in [1.82, 2.24) is 0 Å². The van der Waals surface area contributed by atoms with Gasteiger partial charge in [-0.1, -0.05) is 13.3 Å². The quantitative estimate of drug-likeness (QED) is 0.419. The summed E-state index contributed by atoms with van der Waals surface area (Å²) in [6, 6.07) is 6.03. The standard InChI is InChI=1S/C11H14O3.Na.H/c1-2-3-8-14-11(13)9-4-6-10(12)7-5-9;;/h4-7,12H,2-3,8H2,1H3;;/q;+1;-1. The molecule has 1 N–H and O–H groups in total. The zero-order chi connectivity index (χ0) is 10.4. The molecule has 78 valence electrons. The minimum atomic E-state index is -0.335. The van der Waals surface area contributed by atoms with E-state index >= 15 is 0 Å². The van der Waals surface area contributed by atoms with Gasteiger partial charge in [-0.3, -0.25) is 0 Å². The summed E-state index contributed by atoms with van der Waals surface area (Å²) in [4.78, 5) is 11.3. The van der Waals surface area contributed by atoms with Crippen LogP contribution in [0, 0.1) is 0 Å². The molecule has 1 aromatic rings. The molecule has 0 saturated carbocycles. The van der Waals surface area contributed by atoms with Gasteiger partial charge in [0, 0.05) is 0 Å². The first kappa shape index (κ1) is 14.5. The Kier molecular flexibility index (Phi) is 7.48. The molecule has 3 nitrogen and oxygen atoms in total. The molecule has 1 rings (SSSR count). The molecule has 0 saturated heterocycles. The third-order valence-electron chi connectivity index (χ3n) is 1.83. The number of rotatable bonds is 4. The average molecular weight is 218 g/mol. The first-order valence-electron chi connectivity index (χ1n) is 4.70. The van der Waals surface area contributed by atoms with Crippen LogP contribution in [-0.4, -0.2) is 17.7 Å². The van der Waals surface area contributed by atoms with Crippen LogP contribution < -0.4 is 29.6 Å². The van der Waals surface area contributed by atoms with E-state index < -0.39 is 0 Å². The smallest absolute Gasteiger partial charge is 1.00 e. The summed E-state index contributed by atoms with van der Waals surface area (Å²) >= 11 is 0. The molecule has 0 radical (unpaired) electrons. The van der Waals surface area contributed by atoms with Crippen molar-refractivity contribution >= 4 is 5.97 Å². The molecule has 0 amide bonds. The fraction of sp³-hybridized carbons (Fsp3) is 0.364. The van der Waals surface area contributed by atoms with Gasteiger partial charge in [0.05, 0.1) is 12.2 Å². The molecule has 0 aromatic heterocycles. The summed E-state index contributed by atoms with van der Waals surface area (Å²) in [6.07, 6.45) is 1.88. The number of carbonyl (C=O) groups is 1. The molecule has 0 heterocycles. The maximum atomic E-state index is 11.3. The molecular weight excluding hydrogens is 203 g/mol. The normalized spacial score (nSPS) is 9.13. The molecule has 0 unspecified atom stereocenters. The molecule has 0 atom stereocenters. The molecule has 0 aliphatic rings. The van der Waals surface area contributed by atoms with Gasteiger partial charge >= 0.3 is 35.5 Å². The summed E-state index contributed by atoms with van der Waals surface area (Å²) in [6.45, 7) is 2.49. The van der Waals surface area contributed by atoms with Crippen LogP contribution in [0.4, 0.5) is 0 Å². The molecule has 0 aliphatic heterocycles. The number of esters is 1. The van der Waals surface area contributed by atoms with E-state index in [4.69, 9.17) is 9.84 Å². The average Bonchev–Trinajstić information content (AvgIpc) is 2.19. The summed E-state index contributed by atoms with van der Waals surface area (Å²) in [5.41, 5.74) is 0.471. The molecule has 4 heteroatoms. The first-order chi connectivity index (χ1) is 6.74. The number of carbonyl (C=O) groups excluding carboxylic acids is 1. The number of phenolic OH excluding ortho intramolecular Hbond substituents is 1. The van der Waals surface area contributed by atoms with Crippen molar-refractivity contribution in [2.75, 3.05) is 6.61 Å². The fourth-order valence-electron chi connectivity index (χ4n) is 0.990. The molecule has 0 fully saturated rings. The second-order valence-corrected chi connectivity index (χ2v) is 3.04. The largest absolute Gasteiger partial charge is 1.00 e. The van der Waals surface area contributed by atoms with Crippen LogP contribution in [0.2, 0.25) is 0 Å². The molecule has 0 bridgehead atoms. The number of ether oxygens (including phenoxy) is 1. The van der Waals surface area contributed by atoms with E-state index in [1.165, 1.54) is 12.1 Å².